The predicted molar refractivity (Wildman–Crippen MR) is 56.6 cm³/mol. The van der Waals surface area contributed by atoms with Crippen molar-refractivity contribution in [1.29, 1.82) is 0 Å². The van der Waals surface area contributed by atoms with Crippen LogP contribution in [0.3, 0.4) is 0 Å². The van der Waals surface area contributed by atoms with E-state index in [0.717, 1.165) is 0 Å². The Labute approximate surface area is 92.2 Å². The van der Waals surface area contributed by atoms with E-state index in [-0.39, 0.29) is 5.92 Å². The molecule has 1 unspecified atom stereocenters. The van der Waals surface area contributed by atoms with Gasteiger partial charge in [-0.25, -0.2) is 0 Å². The first-order valence-corrected chi connectivity index (χ1v) is 5.69. The number of aryl methyl sites for hydroxylation is 1. The lowest BCUT2D eigenvalue weighted by Crippen LogP contribution is -2.22. The minimum atomic E-state index is -0.800. The highest BCUT2D eigenvalue weighted by Crippen LogP contribution is 2.23. The lowest BCUT2D eigenvalue weighted by Gasteiger charge is -2.13. The Morgan fingerprint density at radius 2 is 2.27 bits per heavy atom. The minimum absolute atomic E-state index is 0.0801. The maximum Gasteiger partial charge on any atom is 0.316 e. The molecule has 0 bridgehead atoms. The van der Waals surface area contributed by atoms with Gasteiger partial charge in [-0.3, -0.25) is 4.79 Å². The van der Waals surface area contributed by atoms with Gasteiger partial charge in [0.25, 0.3) is 0 Å². The predicted octanol–water partition coefficient (Wildman–Crippen LogP) is 1.72. The molecule has 1 N–H and O–H groups in total. The van der Waals surface area contributed by atoms with E-state index in [1.807, 2.05) is 13.8 Å². The molecule has 15 heavy (non-hydrogen) atoms. The highest BCUT2D eigenvalue weighted by molar-refractivity contribution is 7.99. The number of carbonyl (C=O) groups is 1. The number of rotatable bonds is 5. The number of carboxylic acid groups (broad SMARTS) is 1. The first-order valence-electron chi connectivity index (χ1n) is 4.64. The van der Waals surface area contributed by atoms with Crippen molar-refractivity contribution in [3.8, 4) is 0 Å². The first-order chi connectivity index (χ1) is 7.00. The second kappa shape index (κ2) is 5.16. The van der Waals surface area contributed by atoms with E-state index in [2.05, 4.69) is 10.1 Å². The molecule has 0 aliphatic rings. The Kier molecular flexibility index (Phi) is 4.14. The highest BCUT2D eigenvalue weighted by atomic mass is 32.2. The van der Waals surface area contributed by atoms with Crippen molar-refractivity contribution in [2.24, 2.45) is 5.92 Å². The first kappa shape index (κ1) is 12.0. The molecule has 1 aromatic rings. The van der Waals surface area contributed by atoms with Gasteiger partial charge in [0.1, 0.15) is 5.25 Å². The zero-order valence-corrected chi connectivity index (χ0v) is 9.74. The van der Waals surface area contributed by atoms with E-state index < -0.39 is 11.2 Å². The molecule has 0 saturated carbocycles. The Hall–Kier alpha value is -1.04. The normalized spacial score (nSPS) is 13.1. The van der Waals surface area contributed by atoms with Gasteiger partial charge in [0.2, 0.25) is 5.89 Å². The summed E-state index contributed by atoms with van der Waals surface area (Å²) in [5, 5.41) is 12.1. The second-order valence-electron chi connectivity index (χ2n) is 3.55. The van der Waals surface area contributed by atoms with Crippen molar-refractivity contribution >= 4 is 17.7 Å². The van der Waals surface area contributed by atoms with E-state index in [0.29, 0.717) is 17.5 Å². The van der Waals surface area contributed by atoms with Crippen LogP contribution in [-0.4, -0.2) is 26.5 Å². The van der Waals surface area contributed by atoms with Gasteiger partial charge < -0.3 is 9.63 Å². The van der Waals surface area contributed by atoms with E-state index in [1.165, 1.54) is 11.8 Å². The summed E-state index contributed by atoms with van der Waals surface area (Å²) in [5.41, 5.74) is 0. The zero-order chi connectivity index (χ0) is 11.4. The zero-order valence-electron chi connectivity index (χ0n) is 8.93. The van der Waals surface area contributed by atoms with E-state index in [1.54, 1.807) is 6.92 Å². The number of aromatic nitrogens is 2. The maximum absolute atomic E-state index is 10.9. The molecule has 1 atom stereocenters. The summed E-state index contributed by atoms with van der Waals surface area (Å²) in [6.45, 7) is 5.49. The standard InChI is InChI=1S/C9H14N2O3S/c1-5(2)8(9(12)13)15-4-7-10-6(3)11-14-7/h5,8H,4H2,1-3H3,(H,12,13). The average molecular weight is 230 g/mol. The molecular weight excluding hydrogens is 216 g/mol. The van der Waals surface area contributed by atoms with Gasteiger partial charge in [-0.15, -0.1) is 11.8 Å². The summed E-state index contributed by atoms with van der Waals surface area (Å²) in [5.74, 6) is 0.768. The van der Waals surface area contributed by atoms with Gasteiger partial charge in [0.15, 0.2) is 5.82 Å². The van der Waals surface area contributed by atoms with E-state index in [4.69, 9.17) is 9.63 Å². The molecular formula is C9H14N2O3S. The molecule has 5 nitrogen and oxygen atoms in total. The Morgan fingerprint density at radius 3 is 2.67 bits per heavy atom. The molecule has 1 rings (SSSR count). The summed E-state index contributed by atoms with van der Waals surface area (Å²) in [6.07, 6.45) is 0. The maximum atomic E-state index is 10.9. The van der Waals surface area contributed by atoms with Gasteiger partial charge in [-0.05, 0) is 12.8 Å². The molecule has 1 heterocycles. The summed E-state index contributed by atoms with van der Waals surface area (Å²) in [6, 6.07) is 0. The molecule has 84 valence electrons. The van der Waals surface area contributed by atoms with Crippen molar-refractivity contribution in [2.75, 3.05) is 0 Å². The van der Waals surface area contributed by atoms with Gasteiger partial charge >= 0.3 is 5.97 Å². The number of carboxylic acids is 1. The van der Waals surface area contributed by atoms with Crippen LogP contribution in [0, 0.1) is 12.8 Å². The molecule has 0 spiro atoms. The lowest BCUT2D eigenvalue weighted by atomic mass is 10.1. The monoisotopic (exact) mass is 230 g/mol. The number of aliphatic carboxylic acids is 1. The molecule has 0 aliphatic carbocycles. The van der Waals surface area contributed by atoms with Crippen LogP contribution in [0.5, 0.6) is 0 Å². The summed E-state index contributed by atoms with van der Waals surface area (Å²) in [4.78, 5) is 14.9. The Bertz CT molecular complexity index is 338. The van der Waals surface area contributed by atoms with Crippen molar-refractivity contribution in [2.45, 2.75) is 31.8 Å². The molecule has 0 saturated heterocycles. The molecule has 0 fully saturated rings. The van der Waals surface area contributed by atoms with Crippen LogP contribution in [-0.2, 0) is 10.5 Å². The third kappa shape index (κ3) is 3.54. The number of hydrogen-bond acceptors (Lipinski definition) is 5. The summed E-state index contributed by atoms with van der Waals surface area (Å²) < 4.78 is 4.90. The van der Waals surface area contributed by atoms with Gasteiger partial charge in [0.05, 0.1) is 5.75 Å². The van der Waals surface area contributed by atoms with Crippen LogP contribution in [0.4, 0.5) is 0 Å². The fourth-order valence-corrected chi connectivity index (χ4v) is 2.08. The largest absolute Gasteiger partial charge is 0.480 e. The van der Waals surface area contributed by atoms with Crippen LogP contribution in [0.15, 0.2) is 4.52 Å². The quantitative estimate of drug-likeness (QED) is 0.830. The minimum Gasteiger partial charge on any atom is -0.480 e. The van der Waals surface area contributed by atoms with Crippen molar-refractivity contribution in [3.63, 3.8) is 0 Å². The van der Waals surface area contributed by atoms with Crippen LogP contribution in [0.1, 0.15) is 25.6 Å². The molecule has 0 aliphatic heterocycles. The summed E-state index contributed by atoms with van der Waals surface area (Å²) in [7, 11) is 0. The van der Waals surface area contributed by atoms with Gasteiger partial charge in [0, 0.05) is 0 Å². The highest BCUT2D eigenvalue weighted by Gasteiger charge is 2.22. The van der Waals surface area contributed by atoms with E-state index >= 15 is 0 Å². The van der Waals surface area contributed by atoms with E-state index in [9.17, 15) is 4.79 Å². The second-order valence-corrected chi connectivity index (χ2v) is 4.68. The number of thioether (sulfide) groups is 1. The van der Waals surface area contributed by atoms with Crippen LogP contribution in [0.2, 0.25) is 0 Å². The fourth-order valence-electron chi connectivity index (χ4n) is 1.11. The lowest BCUT2D eigenvalue weighted by molar-refractivity contribution is -0.137. The van der Waals surface area contributed by atoms with Crippen molar-refractivity contribution < 1.29 is 14.4 Å². The smallest absolute Gasteiger partial charge is 0.316 e. The third-order valence-electron chi connectivity index (χ3n) is 1.80. The average Bonchev–Trinajstić information content (AvgIpc) is 2.50. The Balaban J connectivity index is 2.50. The van der Waals surface area contributed by atoms with Crippen LogP contribution >= 0.6 is 11.8 Å². The van der Waals surface area contributed by atoms with Crippen LogP contribution in [0.25, 0.3) is 0 Å². The van der Waals surface area contributed by atoms with Crippen molar-refractivity contribution in [3.05, 3.63) is 11.7 Å². The van der Waals surface area contributed by atoms with Crippen molar-refractivity contribution in [1.82, 2.24) is 10.1 Å². The molecule has 1 aromatic heterocycles. The molecule has 6 heteroatoms. The third-order valence-corrected chi connectivity index (χ3v) is 3.32. The molecule has 0 amide bonds. The van der Waals surface area contributed by atoms with Crippen LogP contribution < -0.4 is 0 Å². The Morgan fingerprint density at radius 1 is 1.60 bits per heavy atom. The topological polar surface area (TPSA) is 76.2 Å². The number of nitrogens with zero attached hydrogens (tertiary/aromatic N) is 2. The summed E-state index contributed by atoms with van der Waals surface area (Å²) >= 11 is 1.31. The molecule has 0 radical (unpaired) electrons. The number of hydrogen-bond donors (Lipinski definition) is 1. The van der Waals surface area contributed by atoms with Gasteiger partial charge in [-0.1, -0.05) is 19.0 Å². The molecule has 0 aromatic carbocycles. The SMILES string of the molecule is Cc1noc(CSC(C(=O)O)C(C)C)n1. The fraction of sp³-hybridized carbons (Fsp3) is 0.667. The van der Waals surface area contributed by atoms with Gasteiger partial charge in [-0.2, -0.15) is 4.98 Å².